The van der Waals surface area contributed by atoms with Crippen LogP contribution in [0.5, 0.6) is 0 Å². The summed E-state index contributed by atoms with van der Waals surface area (Å²) in [6, 6.07) is 7.59. The number of nitrogens with zero attached hydrogens (tertiary/aromatic N) is 1. The molecule has 12 heavy (non-hydrogen) atoms. The maximum atomic E-state index is 8.60. The van der Waals surface area contributed by atoms with Crippen LogP contribution in [-0.4, -0.2) is 16.2 Å². The lowest BCUT2D eigenvalue weighted by Gasteiger charge is -1.99. The summed E-state index contributed by atoms with van der Waals surface area (Å²) in [5.74, 6) is 0. The van der Waals surface area contributed by atoms with E-state index in [4.69, 9.17) is 5.21 Å². The molecule has 2 nitrogen and oxygen atoms in total. The van der Waals surface area contributed by atoms with Crippen LogP contribution in [0.4, 0.5) is 0 Å². The second-order valence-electron chi connectivity index (χ2n) is 2.19. The molecular weight excluding hydrogens is 286 g/mol. The van der Waals surface area contributed by atoms with E-state index in [-0.39, 0.29) is 0 Å². The fourth-order valence-electron chi connectivity index (χ4n) is 0.804. The molecule has 0 radical (unpaired) electrons. The second-order valence-corrected chi connectivity index (χ2v) is 3.66. The minimum absolute atomic E-state index is 0.547. The summed E-state index contributed by atoms with van der Waals surface area (Å²) >= 11 is 6.55. The first-order chi connectivity index (χ1) is 5.77. The highest BCUT2D eigenvalue weighted by Crippen LogP contribution is 2.11. The minimum atomic E-state index is 0.547. The third-order valence-corrected chi connectivity index (χ3v) is 2.48. The average Bonchev–Trinajstić information content (AvgIpc) is 2.10. The maximum Gasteiger partial charge on any atom is 0.0973 e. The van der Waals surface area contributed by atoms with Gasteiger partial charge in [0.15, 0.2) is 0 Å². The average molecular weight is 293 g/mol. The van der Waals surface area contributed by atoms with Crippen LogP contribution < -0.4 is 0 Å². The van der Waals surface area contributed by atoms with Crippen molar-refractivity contribution in [1.29, 1.82) is 0 Å². The first-order valence-corrected chi connectivity index (χ1v) is 5.22. The van der Waals surface area contributed by atoms with Gasteiger partial charge in [-0.25, -0.2) is 0 Å². The molecule has 0 atom stereocenters. The second kappa shape index (κ2) is 4.62. The fraction of sp³-hybridized carbons (Fsp3) is 0.125. The Morgan fingerprint density at radius 1 is 1.33 bits per heavy atom. The molecule has 0 saturated heterocycles. The summed E-state index contributed by atoms with van der Waals surface area (Å²) in [6.45, 7) is 0. The van der Waals surface area contributed by atoms with Gasteiger partial charge in [-0.1, -0.05) is 49.1 Å². The Balaban J connectivity index is 2.96. The number of hydrogen-bond donors (Lipinski definition) is 1. The van der Waals surface area contributed by atoms with Gasteiger partial charge < -0.3 is 5.21 Å². The van der Waals surface area contributed by atoms with Crippen molar-refractivity contribution in [2.75, 3.05) is 5.33 Å². The summed E-state index contributed by atoms with van der Waals surface area (Å²) < 4.78 is 1.01. The van der Waals surface area contributed by atoms with Crippen molar-refractivity contribution in [3.63, 3.8) is 0 Å². The van der Waals surface area contributed by atoms with E-state index in [2.05, 4.69) is 37.0 Å². The molecule has 0 fully saturated rings. The van der Waals surface area contributed by atoms with Crippen LogP contribution >= 0.6 is 31.9 Å². The summed E-state index contributed by atoms with van der Waals surface area (Å²) in [5.41, 5.74) is 1.54. The highest BCUT2D eigenvalue weighted by Gasteiger charge is 2.00. The molecule has 0 saturated carbocycles. The van der Waals surface area contributed by atoms with Gasteiger partial charge >= 0.3 is 0 Å². The molecule has 0 heterocycles. The monoisotopic (exact) mass is 291 g/mol. The summed E-state index contributed by atoms with van der Waals surface area (Å²) in [4.78, 5) is 0. The van der Waals surface area contributed by atoms with Crippen LogP contribution in [0, 0.1) is 0 Å². The molecule has 1 aromatic carbocycles. The molecule has 0 aromatic heterocycles. The van der Waals surface area contributed by atoms with Crippen molar-refractivity contribution < 1.29 is 5.21 Å². The Labute approximate surface area is 87.5 Å². The molecule has 0 spiro atoms. The number of rotatable bonds is 2. The Morgan fingerprint density at radius 3 is 2.33 bits per heavy atom. The smallest absolute Gasteiger partial charge is 0.0973 e. The van der Waals surface area contributed by atoms with Crippen molar-refractivity contribution >= 4 is 37.6 Å². The predicted molar refractivity (Wildman–Crippen MR) is 56.3 cm³/mol. The van der Waals surface area contributed by atoms with E-state index >= 15 is 0 Å². The maximum absolute atomic E-state index is 8.60. The fourth-order valence-corrected chi connectivity index (χ4v) is 1.50. The predicted octanol–water partition coefficient (Wildman–Crippen LogP) is 3.02. The summed E-state index contributed by atoms with van der Waals surface area (Å²) in [6.07, 6.45) is 0. The normalized spacial score (nSPS) is 11.7. The minimum Gasteiger partial charge on any atom is -0.411 e. The third-order valence-electron chi connectivity index (χ3n) is 1.42. The highest BCUT2D eigenvalue weighted by molar-refractivity contribution is 9.10. The van der Waals surface area contributed by atoms with Gasteiger partial charge in [-0.15, -0.1) is 0 Å². The lowest BCUT2D eigenvalue weighted by atomic mass is 10.1. The van der Waals surface area contributed by atoms with Gasteiger partial charge in [0.25, 0.3) is 0 Å². The largest absolute Gasteiger partial charge is 0.411 e. The Morgan fingerprint density at radius 2 is 1.92 bits per heavy atom. The van der Waals surface area contributed by atoms with E-state index in [1.807, 2.05) is 24.3 Å². The molecule has 4 heteroatoms. The number of oxime groups is 1. The first-order valence-electron chi connectivity index (χ1n) is 3.30. The van der Waals surface area contributed by atoms with Crippen LogP contribution in [0.1, 0.15) is 5.56 Å². The van der Waals surface area contributed by atoms with E-state index < -0.39 is 0 Å². The van der Waals surface area contributed by atoms with Gasteiger partial charge in [-0.2, -0.15) is 0 Å². The topological polar surface area (TPSA) is 32.6 Å². The highest BCUT2D eigenvalue weighted by atomic mass is 79.9. The van der Waals surface area contributed by atoms with E-state index in [0.717, 1.165) is 10.0 Å². The number of benzene rings is 1. The summed E-state index contributed by atoms with van der Waals surface area (Å²) in [7, 11) is 0. The van der Waals surface area contributed by atoms with Crippen molar-refractivity contribution in [3.8, 4) is 0 Å². The summed E-state index contributed by atoms with van der Waals surface area (Å²) in [5, 5.41) is 12.3. The van der Waals surface area contributed by atoms with Gasteiger partial charge in [0.2, 0.25) is 0 Å². The van der Waals surface area contributed by atoms with Gasteiger partial charge in [0.1, 0.15) is 0 Å². The number of halogens is 2. The first kappa shape index (κ1) is 9.74. The molecule has 0 unspecified atom stereocenters. The lowest BCUT2D eigenvalue weighted by Crippen LogP contribution is -2.01. The van der Waals surface area contributed by atoms with Gasteiger partial charge in [-0.3, -0.25) is 0 Å². The van der Waals surface area contributed by atoms with Crippen LogP contribution in [0.2, 0.25) is 0 Å². The zero-order valence-corrected chi connectivity index (χ0v) is 9.34. The zero-order chi connectivity index (χ0) is 8.97. The van der Waals surface area contributed by atoms with Crippen LogP contribution in [-0.2, 0) is 0 Å². The van der Waals surface area contributed by atoms with Gasteiger partial charge in [-0.05, 0) is 12.1 Å². The number of hydrogen-bond acceptors (Lipinski definition) is 2. The SMILES string of the molecule is O/N=C(/CBr)c1ccc(Br)cc1. The standard InChI is InChI=1S/C8H7Br2NO/c9-5-8(11-12)6-1-3-7(10)4-2-6/h1-4,12H,5H2/b11-8-. The third kappa shape index (κ3) is 2.32. The van der Waals surface area contributed by atoms with Crippen LogP contribution in [0.15, 0.2) is 33.9 Å². The molecule has 1 aromatic rings. The van der Waals surface area contributed by atoms with Crippen molar-refractivity contribution in [2.45, 2.75) is 0 Å². The molecule has 1 N–H and O–H groups in total. The number of alkyl halides is 1. The molecule has 0 aliphatic rings. The molecular formula is C8H7Br2NO. The van der Waals surface area contributed by atoms with Crippen molar-refractivity contribution in [2.24, 2.45) is 5.16 Å². The Kier molecular flexibility index (Phi) is 3.75. The van der Waals surface area contributed by atoms with Crippen molar-refractivity contribution in [1.82, 2.24) is 0 Å². The molecule has 0 aliphatic carbocycles. The van der Waals surface area contributed by atoms with E-state index in [1.54, 1.807) is 0 Å². The van der Waals surface area contributed by atoms with Crippen molar-refractivity contribution in [3.05, 3.63) is 34.3 Å². The molecule has 64 valence electrons. The lowest BCUT2D eigenvalue weighted by molar-refractivity contribution is 0.319. The van der Waals surface area contributed by atoms with Gasteiger partial charge in [0.05, 0.1) is 5.71 Å². The quantitative estimate of drug-likeness (QED) is 0.386. The Hall–Kier alpha value is -0.350. The molecule has 0 bridgehead atoms. The molecule has 0 amide bonds. The van der Waals surface area contributed by atoms with Gasteiger partial charge in [0, 0.05) is 15.4 Å². The van der Waals surface area contributed by atoms with Crippen LogP contribution in [0.3, 0.4) is 0 Å². The Bertz CT molecular complexity index is 282. The van der Waals surface area contributed by atoms with Crippen LogP contribution in [0.25, 0.3) is 0 Å². The molecule has 1 rings (SSSR count). The molecule has 0 aliphatic heterocycles. The zero-order valence-electron chi connectivity index (χ0n) is 6.17. The van der Waals surface area contributed by atoms with E-state index in [0.29, 0.717) is 11.0 Å². The van der Waals surface area contributed by atoms with E-state index in [1.165, 1.54) is 0 Å². The van der Waals surface area contributed by atoms with E-state index in [9.17, 15) is 0 Å².